The molecule has 0 aliphatic heterocycles. The molecule has 0 saturated heterocycles. The van der Waals surface area contributed by atoms with E-state index < -0.39 is 18.2 Å². The van der Waals surface area contributed by atoms with Gasteiger partial charge in [0.15, 0.2) is 0 Å². The lowest BCUT2D eigenvalue weighted by Gasteiger charge is -2.41. The number of halogens is 3. The van der Waals surface area contributed by atoms with Crippen LogP contribution >= 0.6 is 0 Å². The molecule has 0 aromatic heterocycles. The molecule has 0 heterocycles. The molecule has 0 bridgehead atoms. The summed E-state index contributed by atoms with van der Waals surface area (Å²) in [5.74, 6) is -0.608. The van der Waals surface area contributed by atoms with Gasteiger partial charge in [0.25, 0.3) is 0 Å². The maximum absolute atomic E-state index is 12.9. The highest BCUT2D eigenvalue weighted by Gasteiger charge is 2.45. The molecule has 2 aliphatic rings. The second-order valence-corrected chi connectivity index (χ2v) is 6.77. The summed E-state index contributed by atoms with van der Waals surface area (Å²) in [6.45, 7) is 2.13. The largest absolute Gasteiger partial charge is 0.393 e. The Labute approximate surface area is 119 Å². The Balaban J connectivity index is 1.98. The zero-order valence-corrected chi connectivity index (χ0v) is 12.3. The Kier molecular flexibility index (Phi) is 5.38. The third-order valence-electron chi connectivity index (χ3n) is 5.59. The van der Waals surface area contributed by atoms with Gasteiger partial charge in [-0.1, -0.05) is 39.0 Å². The fraction of sp³-hybridized carbons (Fsp3) is 1.00. The molecule has 2 aliphatic carbocycles. The van der Waals surface area contributed by atoms with Gasteiger partial charge < -0.3 is 5.11 Å². The van der Waals surface area contributed by atoms with Crippen molar-refractivity contribution in [2.45, 2.75) is 77.0 Å². The summed E-state index contributed by atoms with van der Waals surface area (Å²) in [5, 5.41) is 10.6. The molecular weight excluding hydrogens is 265 g/mol. The lowest BCUT2D eigenvalue weighted by molar-refractivity contribution is -0.190. The average molecular weight is 292 g/mol. The smallest absolute Gasteiger partial charge is 0.391 e. The molecule has 118 valence electrons. The minimum atomic E-state index is -4.09. The highest BCUT2D eigenvalue weighted by atomic mass is 19.4. The standard InChI is InChI=1S/C16H27F3O/c1-2-11-6-3-4-9-14(11)15(20)12-7-5-8-13(10-12)16(17,18)19/h11-15,20H,2-10H2,1H3. The predicted molar refractivity (Wildman–Crippen MR) is 73.2 cm³/mol. The van der Waals surface area contributed by atoms with Crippen molar-refractivity contribution in [3.05, 3.63) is 0 Å². The fourth-order valence-electron chi connectivity index (χ4n) is 4.38. The van der Waals surface area contributed by atoms with Crippen LogP contribution in [0.3, 0.4) is 0 Å². The van der Waals surface area contributed by atoms with Crippen molar-refractivity contribution in [2.24, 2.45) is 23.7 Å². The number of hydrogen-bond acceptors (Lipinski definition) is 1. The minimum Gasteiger partial charge on any atom is -0.393 e. The van der Waals surface area contributed by atoms with Gasteiger partial charge in [0.1, 0.15) is 0 Å². The first-order valence-corrected chi connectivity index (χ1v) is 8.18. The maximum Gasteiger partial charge on any atom is 0.391 e. The van der Waals surface area contributed by atoms with Gasteiger partial charge in [-0.15, -0.1) is 0 Å². The molecule has 1 N–H and O–H groups in total. The van der Waals surface area contributed by atoms with Gasteiger partial charge in [-0.3, -0.25) is 0 Å². The van der Waals surface area contributed by atoms with Gasteiger partial charge >= 0.3 is 6.18 Å². The van der Waals surface area contributed by atoms with Crippen LogP contribution in [0.2, 0.25) is 0 Å². The van der Waals surface area contributed by atoms with E-state index in [2.05, 4.69) is 6.92 Å². The second-order valence-electron chi connectivity index (χ2n) is 6.77. The van der Waals surface area contributed by atoms with Crippen LogP contribution < -0.4 is 0 Å². The number of alkyl halides is 3. The predicted octanol–water partition coefficient (Wildman–Crippen LogP) is 4.93. The first-order chi connectivity index (χ1) is 9.43. The molecule has 2 saturated carbocycles. The van der Waals surface area contributed by atoms with E-state index >= 15 is 0 Å². The molecule has 0 radical (unpaired) electrons. The lowest BCUT2D eigenvalue weighted by Crippen LogP contribution is -2.40. The number of aliphatic hydroxyl groups excluding tert-OH is 1. The van der Waals surface area contributed by atoms with Crippen LogP contribution in [0.1, 0.15) is 64.7 Å². The van der Waals surface area contributed by atoms with Crippen molar-refractivity contribution in [1.29, 1.82) is 0 Å². The molecule has 2 rings (SSSR count). The number of aliphatic hydroxyl groups is 1. The molecular formula is C16H27F3O. The zero-order chi connectivity index (χ0) is 14.8. The average Bonchev–Trinajstić information content (AvgIpc) is 2.45. The molecule has 20 heavy (non-hydrogen) atoms. The van der Waals surface area contributed by atoms with Crippen molar-refractivity contribution in [1.82, 2.24) is 0 Å². The van der Waals surface area contributed by atoms with Crippen LogP contribution in [0.5, 0.6) is 0 Å². The summed E-state index contributed by atoms with van der Waals surface area (Å²) < 4.78 is 38.6. The first-order valence-electron chi connectivity index (χ1n) is 8.18. The van der Waals surface area contributed by atoms with Gasteiger partial charge in [0.2, 0.25) is 0 Å². The Hall–Kier alpha value is -0.250. The van der Waals surface area contributed by atoms with E-state index in [4.69, 9.17) is 0 Å². The topological polar surface area (TPSA) is 20.2 Å². The van der Waals surface area contributed by atoms with E-state index in [0.717, 1.165) is 32.1 Å². The van der Waals surface area contributed by atoms with E-state index in [1.807, 2.05) is 0 Å². The van der Waals surface area contributed by atoms with Crippen LogP contribution in [0.15, 0.2) is 0 Å². The number of rotatable bonds is 3. The Morgan fingerprint density at radius 3 is 2.40 bits per heavy atom. The molecule has 0 amide bonds. The van der Waals surface area contributed by atoms with E-state index in [9.17, 15) is 18.3 Å². The summed E-state index contributed by atoms with van der Waals surface area (Å²) in [4.78, 5) is 0. The highest BCUT2D eigenvalue weighted by molar-refractivity contribution is 4.88. The van der Waals surface area contributed by atoms with Gasteiger partial charge in [-0.2, -0.15) is 13.2 Å². The van der Waals surface area contributed by atoms with Crippen LogP contribution in [0.25, 0.3) is 0 Å². The fourth-order valence-corrected chi connectivity index (χ4v) is 4.38. The van der Waals surface area contributed by atoms with E-state index in [-0.39, 0.29) is 24.7 Å². The molecule has 4 heteroatoms. The summed E-state index contributed by atoms with van der Waals surface area (Å²) in [6, 6.07) is 0. The third kappa shape index (κ3) is 3.69. The van der Waals surface area contributed by atoms with Gasteiger partial charge in [0.05, 0.1) is 12.0 Å². The van der Waals surface area contributed by atoms with Gasteiger partial charge in [-0.05, 0) is 43.4 Å². The van der Waals surface area contributed by atoms with E-state index in [1.165, 1.54) is 6.42 Å². The van der Waals surface area contributed by atoms with Crippen LogP contribution in [-0.2, 0) is 0 Å². The van der Waals surface area contributed by atoms with Crippen LogP contribution in [-0.4, -0.2) is 17.4 Å². The third-order valence-corrected chi connectivity index (χ3v) is 5.59. The monoisotopic (exact) mass is 292 g/mol. The summed E-state index contributed by atoms with van der Waals surface area (Å²) in [7, 11) is 0. The zero-order valence-electron chi connectivity index (χ0n) is 12.3. The van der Waals surface area contributed by atoms with Gasteiger partial charge in [-0.25, -0.2) is 0 Å². The molecule has 5 unspecified atom stereocenters. The SMILES string of the molecule is CCC1CCCCC1C(O)C1CCCC(C(F)(F)F)C1. The Morgan fingerprint density at radius 1 is 1.05 bits per heavy atom. The van der Waals surface area contributed by atoms with E-state index in [0.29, 0.717) is 12.3 Å². The Bertz CT molecular complexity index is 303. The first kappa shape index (κ1) is 16.1. The summed E-state index contributed by atoms with van der Waals surface area (Å²) in [5.41, 5.74) is 0. The summed E-state index contributed by atoms with van der Waals surface area (Å²) >= 11 is 0. The normalized spacial score (nSPS) is 37.6. The lowest BCUT2D eigenvalue weighted by atomic mass is 9.68. The quantitative estimate of drug-likeness (QED) is 0.781. The second kappa shape index (κ2) is 6.67. The molecule has 5 atom stereocenters. The minimum absolute atomic E-state index is 0.137. The van der Waals surface area contributed by atoms with Crippen molar-refractivity contribution in [3.63, 3.8) is 0 Å². The molecule has 0 aromatic carbocycles. The van der Waals surface area contributed by atoms with Crippen LogP contribution in [0, 0.1) is 23.7 Å². The Morgan fingerprint density at radius 2 is 1.75 bits per heavy atom. The molecule has 1 nitrogen and oxygen atoms in total. The summed E-state index contributed by atoms with van der Waals surface area (Å²) in [6.07, 6.45) is 2.63. The maximum atomic E-state index is 12.9. The highest BCUT2D eigenvalue weighted by Crippen LogP contribution is 2.44. The molecule has 0 aromatic rings. The van der Waals surface area contributed by atoms with Crippen molar-refractivity contribution < 1.29 is 18.3 Å². The van der Waals surface area contributed by atoms with Crippen molar-refractivity contribution >= 4 is 0 Å². The van der Waals surface area contributed by atoms with Crippen LogP contribution in [0.4, 0.5) is 13.2 Å². The van der Waals surface area contributed by atoms with Crippen molar-refractivity contribution in [3.8, 4) is 0 Å². The number of hydrogen-bond donors (Lipinski definition) is 1. The van der Waals surface area contributed by atoms with Gasteiger partial charge in [0, 0.05) is 0 Å². The van der Waals surface area contributed by atoms with Crippen molar-refractivity contribution in [2.75, 3.05) is 0 Å². The molecule has 2 fully saturated rings. The molecule has 0 spiro atoms. The van der Waals surface area contributed by atoms with E-state index in [1.54, 1.807) is 0 Å².